The van der Waals surface area contributed by atoms with E-state index in [1.807, 2.05) is 0 Å². The van der Waals surface area contributed by atoms with Crippen LogP contribution < -0.4 is 15.4 Å². The molecule has 1 aliphatic heterocycles. The Labute approximate surface area is 107 Å². The molecule has 1 fully saturated rings. The van der Waals surface area contributed by atoms with Crippen molar-refractivity contribution in [1.29, 1.82) is 0 Å². The molecule has 1 amide bonds. The van der Waals surface area contributed by atoms with Gasteiger partial charge in [0.05, 0.1) is 6.61 Å². The minimum absolute atomic E-state index is 0.195. The minimum Gasteiger partial charge on any atom is -0.493 e. The van der Waals surface area contributed by atoms with Crippen molar-refractivity contribution < 1.29 is 9.53 Å². The van der Waals surface area contributed by atoms with E-state index in [4.69, 9.17) is 4.74 Å². The molecular weight excluding hydrogens is 230 g/mol. The highest BCUT2D eigenvalue weighted by Crippen LogP contribution is 2.15. The number of pyridine rings is 1. The van der Waals surface area contributed by atoms with Crippen LogP contribution in [0.2, 0.25) is 0 Å². The van der Waals surface area contributed by atoms with Gasteiger partial charge in [0.2, 0.25) is 0 Å². The summed E-state index contributed by atoms with van der Waals surface area (Å²) < 4.78 is 5.72. The van der Waals surface area contributed by atoms with E-state index in [1.54, 1.807) is 25.4 Å². The normalized spacial score (nSPS) is 19.3. The Morgan fingerprint density at radius 1 is 1.67 bits per heavy atom. The second-order valence-corrected chi connectivity index (χ2v) is 4.48. The number of hydrogen-bond acceptors (Lipinski definition) is 4. The van der Waals surface area contributed by atoms with Gasteiger partial charge < -0.3 is 15.4 Å². The van der Waals surface area contributed by atoms with Crippen molar-refractivity contribution in [3.05, 3.63) is 24.0 Å². The first-order valence-electron chi connectivity index (χ1n) is 6.31. The number of piperidine rings is 1. The zero-order valence-corrected chi connectivity index (χ0v) is 10.6. The third kappa shape index (κ3) is 3.43. The molecule has 18 heavy (non-hydrogen) atoms. The Hall–Kier alpha value is -1.62. The Kier molecular flexibility index (Phi) is 4.52. The summed E-state index contributed by atoms with van der Waals surface area (Å²) in [4.78, 5) is 15.4. The first-order chi connectivity index (χ1) is 8.79. The summed E-state index contributed by atoms with van der Waals surface area (Å²) in [5.74, 6) is 1.06. The highest BCUT2D eigenvalue weighted by Gasteiger charge is 2.14. The fourth-order valence-corrected chi connectivity index (χ4v) is 2.03. The molecule has 5 nitrogen and oxygen atoms in total. The molecule has 2 N–H and O–H groups in total. The smallest absolute Gasteiger partial charge is 0.269 e. The van der Waals surface area contributed by atoms with E-state index in [0.717, 1.165) is 13.1 Å². The second kappa shape index (κ2) is 6.35. The number of ether oxygens (including phenoxy) is 1. The monoisotopic (exact) mass is 249 g/mol. The quantitative estimate of drug-likeness (QED) is 0.829. The Balaban J connectivity index is 1.90. The summed E-state index contributed by atoms with van der Waals surface area (Å²) in [6.45, 7) is 2.80. The van der Waals surface area contributed by atoms with Gasteiger partial charge in [0.15, 0.2) is 0 Å². The van der Waals surface area contributed by atoms with Gasteiger partial charge in [0.1, 0.15) is 11.4 Å². The molecule has 0 aliphatic carbocycles. The highest BCUT2D eigenvalue weighted by molar-refractivity contribution is 5.92. The molecule has 0 saturated carbocycles. The molecule has 98 valence electrons. The number of amides is 1. The van der Waals surface area contributed by atoms with Gasteiger partial charge in [0, 0.05) is 31.8 Å². The summed E-state index contributed by atoms with van der Waals surface area (Å²) in [6.07, 6.45) is 3.99. The van der Waals surface area contributed by atoms with E-state index in [0.29, 0.717) is 24.0 Å². The molecule has 2 rings (SSSR count). The molecule has 1 unspecified atom stereocenters. The van der Waals surface area contributed by atoms with Crippen LogP contribution in [0.5, 0.6) is 5.75 Å². The topological polar surface area (TPSA) is 63.2 Å². The van der Waals surface area contributed by atoms with Gasteiger partial charge in [-0.3, -0.25) is 9.78 Å². The number of carbonyl (C=O) groups is 1. The predicted molar refractivity (Wildman–Crippen MR) is 68.7 cm³/mol. The average molecular weight is 249 g/mol. The Bertz CT molecular complexity index is 403. The van der Waals surface area contributed by atoms with Gasteiger partial charge in [-0.2, -0.15) is 0 Å². The number of carbonyl (C=O) groups excluding carboxylic acids is 1. The first-order valence-corrected chi connectivity index (χ1v) is 6.31. The van der Waals surface area contributed by atoms with Crippen molar-refractivity contribution in [1.82, 2.24) is 15.6 Å². The molecule has 1 aromatic heterocycles. The van der Waals surface area contributed by atoms with Gasteiger partial charge in [-0.25, -0.2) is 0 Å². The molecule has 2 heterocycles. The van der Waals surface area contributed by atoms with Crippen LogP contribution in [0, 0.1) is 5.92 Å². The van der Waals surface area contributed by atoms with E-state index >= 15 is 0 Å². The van der Waals surface area contributed by atoms with E-state index in [1.165, 1.54) is 12.8 Å². The van der Waals surface area contributed by atoms with Crippen molar-refractivity contribution in [2.24, 2.45) is 5.92 Å². The maximum atomic E-state index is 11.4. The van der Waals surface area contributed by atoms with Crippen LogP contribution in [0.25, 0.3) is 0 Å². The van der Waals surface area contributed by atoms with Crippen LogP contribution in [0.15, 0.2) is 18.3 Å². The minimum atomic E-state index is -0.195. The maximum Gasteiger partial charge on any atom is 0.269 e. The third-order valence-corrected chi connectivity index (χ3v) is 3.08. The number of rotatable bonds is 4. The lowest BCUT2D eigenvalue weighted by Gasteiger charge is -2.22. The second-order valence-electron chi connectivity index (χ2n) is 4.48. The number of hydrogen-bond donors (Lipinski definition) is 2. The zero-order valence-electron chi connectivity index (χ0n) is 10.6. The van der Waals surface area contributed by atoms with Crippen molar-refractivity contribution in [2.45, 2.75) is 12.8 Å². The lowest BCUT2D eigenvalue weighted by Crippen LogP contribution is -2.33. The average Bonchev–Trinajstić information content (AvgIpc) is 2.45. The van der Waals surface area contributed by atoms with Crippen molar-refractivity contribution in [3.63, 3.8) is 0 Å². The highest BCUT2D eigenvalue weighted by atomic mass is 16.5. The van der Waals surface area contributed by atoms with E-state index in [9.17, 15) is 4.79 Å². The van der Waals surface area contributed by atoms with Gasteiger partial charge in [0.25, 0.3) is 5.91 Å². The largest absolute Gasteiger partial charge is 0.493 e. The predicted octanol–water partition coefficient (Wildman–Crippen LogP) is 0.820. The zero-order chi connectivity index (χ0) is 12.8. The summed E-state index contributed by atoms with van der Waals surface area (Å²) in [5, 5.41) is 5.90. The van der Waals surface area contributed by atoms with Crippen LogP contribution in [-0.2, 0) is 0 Å². The number of aromatic nitrogens is 1. The van der Waals surface area contributed by atoms with Crippen LogP contribution in [-0.4, -0.2) is 37.6 Å². The van der Waals surface area contributed by atoms with Gasteiger partial charge >= 0.3 is 0 Å². The molecule has 1 aromatic rings. The molecule has 1 aliphatic rings. The van der Waals surface area contributed by atoms with Crippen LogP contribution in [0.1, 0.15) is 23.3 Å². The molecule has 1 atom stereocenters. The van der Waals surface area contributed by atoms with Crippen molar-refractivity contribution in [2.75, 3.05) is 26.7 Å². The molecule has 0 bridgehead atoms. The Morgan fingerprint density at radius 3 is 3.28 bits per heavy atom. The molecule has 0 aromatic carbocycles. The van der Waals surface area contributed by atoms with Crippen LogP contribution in [0.3, 0.4) is 0 Å². The maximum absolute atomic E-state index is 11.4. The van der Waals surface area contributed by atoms with Crippen molar-refractivity contribution >= 4 is 5.91 Å². The third-order valence-electron chi connectivity index (χ3n) is 3.08. The van der Waals surface area contributed by atoms with E-state index in [2.05, 4.69) is 15.6 Å². The standard InChI is InChI=1S/C13H19N3O2/c1-14-13(17)12-7-11(4-6-16-12)18-9-10-3-2-5-15-8-10/h4,6-7,10,15H,2-3,5,8-9H2,1H3,(H,14,17). The van der Waals surface area contributed by atoms with Gasteiger partial charge in [-0.1, -0.05) is 0 Å². The molecule has 0 radical (unpaired) electrons. The van der Waals surface area contributed by atoms with Crippen LogP contribution in [0.4, 0.5) is 0 Å². The first kappa shape index (κ1) is 12.8. The molecule has 5 heteroatoms. The number of nitrogens with one attached hydrogen (secondary N) is 2. The fraction of sp³-hybridized carbons (Fsp3) is 0.538. The van der Waals surface area contributed by atoms with Gasteiger partial charge in [-0.15, -0.1) is 0 Å². The van der Waals surface area contributed by atoms with Crippen LogP contribution >= 0.6 is 0 Å². The lowest BCUT2D eigenvalue weighted by molar-refractivity contribution is 0.0957. The lowest BCUT2D eigenvalue weighted by atomic mass is 10.0. The SMILES string of the molecule is CNC(=O)c1cc(OCC2CCCNC2)ccn1. The summed E-state index contributed by atoms with van der Waals surface area (Å²) in [6, 6.07) is 3.46. The van der Waals surface area contributed by atoms with E-state index in [-0.39, 0.29) is 5.91 Å². The summed E-state index contributed by atoms with van der Waals surface area (Å²) >= 11 is 0. The van der Waals surface area contributed by atoms with Crippen molar-refractivity contribution in [3.8, 4) is 5.75 Å². The Morgan fingerprint density at radius 2 is 2.56 bits per heavy atom. The number of nitrogens with zero attached hydrogens (tertiary/aromatic N) is 1. The van der Waals surface area contributed by atoms with E-state index < -0.39 is 0 Å². The summed E-state index contributed by atoms with van der Waals surface area (Å²) in [5.41, 5.74) is 0.386. The molecule has 1 saturated heterocycles. The molecular formula is C13H19N3O2. The van der Waals surface area contributed by atoms with Gasteiger partial charge in [-0.05, 0) is 25.5 Å². The summed E-state index contributed by atoms with van der Waals surface area (Å²) in [7, 11) is 1.59. The molecule has 0 spiro atoms. The fourth-order valence-electron chi connectivity index (χ4n) is 2.03.